The Morgan fingerprint density at radius 2 is 1.86 bits per heavy atom. The largest absolute Gasteiger partial charge is 0.321 e. The minimum Gasteiger partial charge on any atom is -0.321 e. The van der Waals surface area contributed by atoms with E-state index in [1.54, 1.807) is 18.2 Å². The van der Waals surface area contributed by atoms with E-state index in [-0.39, 0.29) is 16.1 Å². The summed E-state index contributed by atoms with van der Waals surface area (Å²) < 4.78 is 36.7. The van der Waals surface area contributed by atoms with E-state index in [2.05, 4.69) is 21.2 Å². The first-order chi connectivity index (χ1) is 9.79. The molecule has 0 heterocycles. The van der Waals surface area contributed by atoms with Crippen LogP contribution in [0.25, 0.3) is 0 Å². The minimum absolute atomic E-state index is 0.210. The molecule has 0 spiro atoms. The Hall–Kier alpha value is -1.77. The second-order valence-electron chi connectivity index (χ2n) is 4.12. The monoisotopic (exact) mass is 372 g/mol. The van der Waals surface area contributed by atoms with Crippen molar-refractivity contribution in [3.63, 3.8) is 0 Å². The minimum atomic E-state index is -4.08. The van der Waals surface area contributed by atoms with Gasteiger partial charge < -0.3 is 5.32 Å². The predicted octanol–water partition coefficient (Wildman–Crippen LogP) is 2.49. The SMILES string of the molecule is NS(=O)(=O)c1ccc(F)cc1NC(=O)c1ccccc1Br. The van der Waals surface area contributed by atoms with Crippen LogP contribution in [-0.2, 0) is 10.0 Å². The molecule has 0 unspecified atom stereocenters. The fourth-order valence-corrected chi connectivity index (χ4v) is 2.82. The van der Waals surface area contributed by atoms with E-state index in [0.29, 0.717) is 4.47 Å². The van der Waals surface area contributed by atoms with Crippen LogP contribution >= 0.6 is 15.9 Å². The summed E-state index contributed by atoms with van der Waals surface area (Å²) in [7, 11) is -4.08. The van der Waals surface area contributed by atoms with Crippen molar-refractivity contribution in [2.45, 2.75) is 4.90 Å². The van der Waals surface area contributed by atoms with E-state index >= 15 is 0 Å². The number of carbonyl (C=O) groups is 1. The van der Waals surface area contributed by atoms with Crippen molar-refractivity contribution in [1.29, 1.82) is 0 Å². The van der Waals surface area contributed by atoms with Gasteiger partial charge in [0.25, 0.3) is 5.91 Å². The molecular weight excluding hydrogens is 363 g/mol. The zero-order valence-corrected chi connectivity index (χ0v) is 12.9. The highest BCUT2D eigenvalue weighted by molar-refractivity contribution is 9.10. The fourth-order valence-electron chi connectivity index (χ4n) is 1.68. The molecular formula is C13H10BrFN2O3S. The van der Waals surface area contributed by atoms with Crippen LogP contribution in [-0.4, -0.2) is 14.3 Å². The molecule has 0 aliphatic rings. The summed E-state index contributed by atoms with van der Waals surface area (Å²) in [5.41, 5.74) is 0.0698. The number of amides is 1. The predicted molar refractivity (Wildman–Crippen MR) is 79.9 cm³/mol. The maximum atomic E-state index is 13.3. The summed E-state index contributed by atoms with van der Waals surface area (Å²) in [6, 6.07) is 9.41. The molecule has 0 atom stereocenters. The molecule has 0 aliphatic heterocycles. The van der Waals surface area contributed by atoms with Gasteiger partial charge in [-0.05, 0) is 46.3 Å². The molecule has 5 nitrogen and oxygen atoms in total. The van der Waals surface area contributed by atoms with Crippen LogP contribution < -0.4 is 10.5 Å². The van der Waals surface area contributed by atoms with E-state index in [1.165, 1.54) is 6.07 Å². The first kappa shape index (κ1) is 15.6. The third-order valence-corrected chi connectivity index (χ3v) is 4.28. The molecule has 0 saturated carbocycles. The van der Waals surface area contributed by atoms with Crippen LogP contribution in [0.15, 0.2) is 51.8 Å². The number of anilines is 1. The van der Waals surface area contributed by atoms with E-state index in [4.69, 9.17) is 5.14 Å². The van der Waals surface area contributed by atoms with E-state index in [1.807, 2.05) is 0 Å². The van der Waals surface area contributed by atoms with Crippen LogP contribution in [0, 0.1) is 5.82 Å². The first-order valence-corrected chi connectivity index (χ1v) is 8.01. The van der Waals surface area contributed by atoms with Crippen molar-refractivity contribution in [2.24, 2.45) is 5.14 Å². The second-order valence-corrected chi connectivity index (χ2v) is 6.50. The van der Waals surface area contributed by atoms with Crippen molar-refractivity contribution in [3.05, 3.63) is 58.3 Å². The number of nitrogens with two attached hydrogens (primary N) is 1. The summed E-state index contributed by atoms with van der Waals surface area (Å²) in [4.78, 5) is 11.8. The van der Waals surface area contributed by atoms with Crippen molar-refractivity contribution in [1.82, 2.24) is 0 Å². The van der Waals surface area contributed by atoms with Gasteiger partial charge in [-0.2, -0.15) is 0 Å². The Morgan fingerprint density at radius 1 is 1.19 bits per heavy atom. The Kier molecular flexibility index (Phi) is 4.40. The molecule has 0 aromatic heterocycles. The van der Waals surface area contributed by atoms with Gasteiger partial charge in [0, 0.05) is 4.47 Å². The standard InChI is InChI=1S/C13H10BrFN2O3S/c14-10-4-2-1-3-9(10)13(18)17-11-7-8(15)5-6-12(11)21(16,19)20/h1-7H,(H,17,18)(H2,16,19,20). The highest BCUT2D eigenvalue weighted by atomic mass is 79.9. The Bertz CT molecular complexity index is 809. The number of primary sulfonamides is 1. The molecule has 0 fully saturated rings. The van der Waals surface area contributed by atoms with Crippen molar-refractivity contribution < 1.29 is 17.6 Å². The van der Waals surface area contributed by atoms with Gasteiger partial charge in [0.05, 0.1) is 11.3 Å². The molecule has 2 rings (SSSR count). The Morgan fingerprint density at radius 3 is 2.48 bits per heavy atom. The zero-order valence-electron chi connectivity index (χ0n) is 10.5. The second kappa shape index (κ2) is 5.92. The fraction of sp³-hybridized carbons (Fsp3) is 0. The number of sulfonamides is 1. The molecule has 1 amide bonds. The summed E-state index contributed by atoms with van der Waals surface area (Å²) in [6.45, 7) is 0. The Balaban J connectivity index is 2.43. The molecule has 21 heavy (non-hydrogen) atoms. The highest BCUT2D eigenvalue weighted by Gasteiger charge is 2.18. The number of rotatable bonds is 3. The maximum absolute atomic E-state index is 13.3. The van der Waals surface area contributed by atoms with Gasteiger partial charge in [-0.15, -0.1) is 0 Å². The van der Waals surface area contributed by atoms with Crippen molar-refractivity contribution in [3.8, 4) is 0 Å². The molecule has 0 bridgehead atoms. The zero-order chi connectivity index (χ0) is 15.6. The van der Waals surface area contributed by atoms with Crippen LogP contribution in [0.1, 0.15) is 10.4 Å². The molecule has 2 aromatic rings. The molecule has 3 N–H and O–H groups in total. The maximum Gasteiger partial charge on any atom is 0.256 e. The third kappa shape index (κ3) is 3.66. The highest BCUT2D eigenvalue weighted by Crippen LogP contribution is 2.23. The normalized spacial score (nSPS) is 11.2. The van der Waals surface area contributed by atoms with Gasteiger partial charge in [0.1, 0.15) is 10.7 Å². The summed E-state index contributed by atoms with van der Waals surface area (Å²) in [6.07, 6.45) is 0. The van der Waals surface area contributed by atoms with Crippen molar-refractivity contribution >= 4 is 37.5 Å². The molecule has 110 valence electrons. The number of hydrogen-bond donors (Lipinski definition) is 2. The van der Waals surface area contributed by atoms with Crippen LogP contribution in [0.2, 0.25) is 0 Å². The lowest BCUT2D eigenvalue weighted by Crippen LogP contribution is -2.19. The quantitative estimate of drug-likeness (QED) is 0.866. The summed E-state index contributed by atoms with van der Waals surface area (Å²) in [5.74, 6) is -1.28. The third-order valence-electron chi connectivity index (χ3n) is 2.61. The van der Waals surface area contributed by atoms with Gasteiger partial charge in [0.15, 0.2) is 0 Å². The van der Waals surface area contributed by atoms with Gasteiger partial charge in [-0.1, -0.05) is 12.1 Å². The van der Waals surface area contributed by atoms with Gasteiger partial charge in [-0.3, -0.25) is 4.79 Å². The number of carbonyl (C=O) groups excluding carboxylic acids is 1. The van der Waals surface area contributed by atoms with Crippen molar-refractivity contribution in [2.75, 3.05) is 5.32 Å². The van der Waals surface area contributed by atoms with E-state index in [0.717, 1.165) is 18.2 Å². The number of hydrogen-bond acceptors (Lipinski definition) is 3. The Labute approximate surface area is 129 Å². The summed E-state index contributed by atoms with van der Waals surface area (Å²) >= 11 is 3.20. The lowest BCUT2D eigenvalue weighted by atomic mass is 10.2. The van der Waals surface area contributed by atoms with Gasteiger partial charge >= 0.3 is 0 Å². The molecule has 2 aromatic carbocycles. The number of benzene rings is 2. The molecule has 0 saturated heterocycles. The molecule has 0 aliphatic carbocycles. The van der Waals surface area contributed by atoms with E-state index < -0.39 is 21.7 Å². The molecule has 0 radical (unpaired) electrons. The smallest absolute Gasteiger partial charge is 0.256 e. The van der Waals surface area contributed by atoms with Crippen LogP contribution in [0.4, 0.5) is 10.1 Å². The number of nitrogens with one attached hydrogen (secondary N) is 1. The summed E-state index contributed by atoms with van der Waals surface area (Å²) in [5, 5.41) is 7.39. The number of halogens is 2. The average Bonchev–Trinajstić information content (AvgIpc) is 2.37. The van der Waals surface area contributed by atoms with Crippen LogP contribution in [0.5, 0.6) is 0 Å². The van der Waals surface area contributed by atoms with Crippen LogP contribution in [0.3, 0.4) is 0 Å². The lowest BCUT2D eigenvalue weighted by molar-refractivity contribution is 0.102. The first-order valence-electron chi connectivity index (χ1n) is 5.67. The molecule has 8 heteroatoms. The van der Waals surface area contributed by atoms with Gasteiger partial charge in [-0.25, -0.2) is 17.9 Å². The van der Waals surface area contributed by atoms with E-state index in [9.17, 15) is 17.6 Å². The topological polar surface area (TPSA) is 89.3 Å². The van der Waals surface area contributed by atoms with Gasteiger partial charge in [0.2, 0.25) is 10.0 Å². The lowest BCUT2D eigenvalue weighted by Gasteiger charge is -2.10. The average molecular weight is 373 g/mol.